The Hall–Kier alpha value is -4.16. The number of carbonyl (C=O) groups is 2. The number of hydrogen-bond acceptors (Lipinski definition) is 9. The average molecular weight is 634 g/mol. The second-order valence-corrected chi connectivity index (χ2v) is 18.3. The average Bonchev–Trinajstić information content (AvgIpc) is 3.67. The highest BCUT2D eigenvalue weighted by Gasteiger charge is 2.31. The van der Waals surface area contributed by atoms with Crippen molar-refractivity contribution in [2.75, 3.05) is 25.1 Å². The van der Waals surface area contributed by atoms with Gasteiger partial charge < -0.3 is 33.4 Å². The van der Waals surface area contributed by atoms with Gasteiger partial charge in [0.2, 0.25) is 5.89 Å². The monoisotopic (exact) mass is 633 g/mol. The van der Waals surface area contributed by atoms with Crippen LogP contribution in [0.2, 0.25) is 25.7 Å². The molecule has 45 heavy (non-hydrogen) atoms. The number of esters is 1. The number of nitrogens with one attached hydrogen (secondary N) is 1. The van der Waals surface area contributed by atoms with Crippen molar-refractivity contribution >= 4 is 36.9 Å². The first-order valence-electron chi connectivity index (χ1n) is 15.6. The lowest BCUT2D eigenvalue weighted by Crippen LogP contribution is -2.49. The summed E-state index contributed by atoms with van der Waals surface area (Å²) in [6.45, 7) is 12.8. The second-order valence-electron chi connectivity index (χ2n) is 12.6. The highest BCUT2D eigenvalue weighted by atomic mass is 28.3. The van der Waals surface area contributed by atoms with Gasteiger partial charge in [-0.25, -0.2) is 19.6 Å². The van der Waals surface area contributed by atoms with Crippen LogP contribution in [0.4, 0.5) is 10.5 Å². The lowest BCUT2D eigenvalue weighted by atomic mass is 9.99. The Labute approximate surface area is 264 Å². The van der Waals surface area contributed by atoms with E-state index in [2.05, 4.69) is 29.9 Å². The van der Waals surface area contributed by atoms with E-state index in [1.54, 1.807) is 18.0 Å². The molecule has 1 fully saturated rings. The summed E-state index contributed by atoms with van der Waals surface area (Å²) in [5, 5.41) is 4.54. The number of nitrogens with zero attached hydrogens (tertiary/aromatic N) is 4. The fraction of sp³-hybridized carbons (Fsp3) is 0.455. The van der Waals surface area contributed by atoms with Crippen molar-refractivity contribution in [3.05, 3.63) is 66.3 Å². The number of anilines is 1. The number of hydrogen-bond donors (Lipinski definition) is 1. The van der Waals surface area contributed by atoms with E-state index in [4.69, 9.17) is 23.6 Å². The molecule has 0 aliphatic carbocycles. The molecule has 11 nitrogen and oxygen atoms in total. The molecule has 1 aliphatic rings. The summed E-state index contributed by atoms with van der Waals surface area (Å²) in [6, 6.07) is 12.7. The maximum atomic E-state index is 13.2. The third-order valence-electron chi connectivity index (χ3n) is 7.90. The van der Waals surface area contributed by atoms with E-state index in [0.29, 0.717) is 25.4 Å². The smallest absolute Gasteiger partial charge is 0.410 e. The van der Waals surface area contributed by atoms with E-state index >= 15 is 0 Å². The maximum absolute atomic E-state index is 13.2. The van der Waals surface area contributed by atoms with Gasteiger partial charge in [0.1, 0.15) is 25.2 Å². The fourth-order valence-electron chi connectivity index (χ4n) is 5.28. The molecule has 0 radical (unpaired) electrons. The molecule has 0 unspecified atom stereocenters. The summed E-state index contributed by atoms with van der Waals surface area (Å²) in [7, 11) is -1.21. The summed E-state index contributed by atoms with van der Waals surface area (Å²) in [4.78, 5) is 36.5. The van der Waals surface area contributed by atoms with Gasteiger partial charge >= 0.3 is 12.1 Å². The van der Waals surface area contributed by atoms with E-state index < -0.39 is 14.0 Å². The van der Waals surface area contributed by atoms with Gasteiger partial charge in [-0.15, -0.1) is 0 Å². The molecule has 2 atom stereocenters. The molecule has 0 bridgehead atoms. The van der Waals surface area contributed by atoms with Crippen LogP contribution in [0.5, 0.6) is 0 Å². The van der Waals surface area contributed by atoms with Crippen LogP contribution in [-0.4, -0.2) is 71.4 Å². The van der Waals surface area contributed by atoms with Crippen molar-refractivity contribution in [2.24, 2.45) is 0 Å². The molecular formula is C33H43N5O6Si. The van der Waals surface area contributed by atoms with Gasteiger partial charge in [-0.3, -0.25) is 0 Å². The minimum absolute atomic E-state index is 0.0384. The number of benzene rings is 1. The number of aromatic nitrogens is 3. The Balaban J connectivity index is 1.39. The molecule has 1 aromatic carbocycles. The lowest BCUT2D eigenvalue weighted by molar-refractivity contribution is 0.0519. The molecule has 5 rings (SSSR count). The van der Waals surface area contributed by atoms with Crippen LogP contribution < -0.4 is 5.32 Å². The van der Waals surface area contributed by atoms with E-state index in [1.807, 2.05) is 54.1 Å². The van der Waals surface area contributed by atoms with Crippen molar-refractivity contribution in [3.8, 4) is 11.5 Å². The summed E-state index contributed by atoms with van der Waals surface area (Å²) >= 11 is 0. The SMILES string of the molecule is CCOC(=O)c1coc(-c2cnc3c(ccn3COCC[Si](C)(C)C)c2N[C@@H]2CC[C@H](C)N(C(=O)OCc3ccccc3)C2)n1. The summed E-state index contributed by atoms with van der Waals surface area (Å²) in [6.07, 6.45) is 6.25. The minimum Gasteiger partial charge on any atom is -0.461 e. The van der Waals surface area contributed by atoms with Gasteiger partial charge in [0.15, 0.2) is 5.69 Å². The fourth-order valence-corrected chi connectivity index (χ4v) is 6.04. The van der Waals surface area contributed by atoms with E-state index in [9.17, 15) is 9.59 Å². The van der Waals surface area contributed by atoms with Gasteiger partial charge in [0, 0.05) is 51.1 Å². The quantitative estimate of drug-likeness (QED) is 0.102. The predicted molar refractivity (Wildman–Crippen MR) is 175 cm³/mol. The molecule has 1 saturated heterocycles. The number of ether oxygens (including phenoxy) is 3. The van der Waals surface area contributed by atoms with E-state index in [0.717, 1.165) is 41.2 Å². The van der Waals surface area contributed by atoms with Crippen LogP contribution in [0, 0.1) is 0 Å². The van der Waals surface area contributed by atoms with Crippen LogP contribution in [-0.2, 0) is 27.5 Å². The molecule has 4 heterocycles. The van der Waals surface area contributed by atoms with Crippen molar-refractivity contribution < 1.29 is 28.2 Å². The lowest BCUT2D eigenvalue weighted by Gasteiger charge is -2.38. The Morgan fingerprint density at radius 2 is 1.91 bits per heavy atom. The topological polar surface area (TPSA) is 121 Å². The number of pyridine rings is 1. The summed E-state index contributed by atoms with van der Waals surface area (Å²) in [5.74, 6) is -0.305. The van der Waals surface area contributed by atoms with Crippen LogP contribution in [0.15, 0.2) is 59.5 Å². The zero-order valence-corrected chi connectivity index (χ0v) is 27.7. The van der Waals surface area contributed by atoms with Crippen LogP contribution in [0.3, 0.4) is 0 Å². The predicted octanol–water partition coefficient (Wildman–Crippen LogP) is 6.78. The Morgan fingerprint density at radius 3 is 2.67 bits per heavy atom. The zero-order valence-electron chi connectivity index (χ0n) is 26.7. The maximum Gasteiger partial charge on any atom is 0.410 e. The number of piperidine rings is 1. The van der Waals surface area contributed by atoms with Crippen LogP contribution in [0.25, 0.3) is 22.5 Å². The second kappa shape index (κ2) is 14.3. The number of rotatable bonds is 12. The molecule has 1 N–H and O–H groups in total. The molecule has 4 aromatic rings. The molecule has 1 aliphatic heterocycles. The molecule has 3 aromatic heterocycles. The van der Waals surface area contributed by atoms with Gasteiger partial charge in [-0.2, -0.15) is 0 Å². The number of fused-ring (bicyclic) bond motifs is 1. The van der Waals surface area contributed by atoms with Crippen molar-refractivity contribution in [1.29, 1.82) is 0 Å². The highest BCUT2D eigenvalue weighted by molar-refractivity contribution is 6.76. The molecule has 0 spiro atoms. The molecule has 240 valence electrons. The van der Waals surface area contributed by atoms with E-state index in [1.165, 1.54) is 6.26 Å². The summed E-state index contributed by atoms with van der Waals surface area (Å²) < 4.78 is 24.5. The largest absolute Gasteiger partial charge is 0.461 e. The first-order chi connectivity index (χ1) is 21.6. The first kappa shape index (κ1) is 32.2. The number of likely N-dealkylation sites (tertiary alicyclic amines) is 1. The van der Waals surface area contributed by atoms with E-state index in [-0.39, 0.29) is 43.0 Å². The molecule has 0 saturated carbocycles. The van der Waals surface area contributed by atoms with Crippen LogP contribution >= 0.6 is 0 Å². The van der Waals surface area contributed by atoms with Crippen molar-refractivity contribution in [2.45, 2.75) is 77.8 Å². The number of amides is 1. The van der Waals surface area contributed by atoms with Gasteiger partial charge in [0.05, 0.1) is 17.9 Å². The third kappa shape index (κ3) is 8.11. The standard InChI is InChI=1S/C33H43N5O6Si/c1-6-42-32(39)28-21-43-31(36-28)27-18-34-30-26(14-15-37(30)22-41-16-17-45(3,4)5)29(27)35-25-13-12-23(2)38(19-25)33(40)44-20-24-10-8-7-9-11-24/h7-11,14-15,18,21,23,25H,6,12-13,16-17,19-20,22H2,1-5H3,(H,34,35)/t23-,25+/m0/s1. The van der Waals surface area contributed by atoms with Crippen molar-refractivity contribution in [1.82, 2.24) is 19.4 Å². The minimum atomic E-state index is -1.21. The first-order valence-corrected chi connectivity index (χ1v) is 19.3. The highest BCUT2D eigenvalue weighted by Crippen LogP contribution is 2.36. The Morgan fingerprint density at radius 1 is 1.11 bits per heavy atom. The zero-order chi connectivity index (χ0) is 32.0. The van der Waals surface area contributed by atoms with Gasteiger partial charge in [-0.1, -0.05) is 50.0 Å². The third-order valence-corrected chi connectivity index (χ3v) is 9.61. The number of carbonyl (C=O) groups excluding carboxylic acids is 2. The molecular weight excluding hydrogens is 590 g/mol. The van der Waals surface area contributed by atoms with Gasteiger partial charge in [-0.05, 0) is 44.4 Å². The molecule has 1 amide bonds. The van der Waals surface area contributed by atoms with Crippen molar-refractivity contribution in [3.63, 3.8) is 0 Å². The Kier molecular flexibility index (Phi) is 10.2. The Bertz CT molecular complexity index is 1600. The van der Waals surface area contributed by atoms with Gasteiger partial charge in [0.25, 0.3) is 0 Å². The normalized spacial score (nSPS) is 17.0. The number of oxazole rings is 1. The molecule has 12 heteroatoms. The summed E-state index contributed by atoms with van der Waals surface area (Å²) in [5.41, 5.74) is 3.14. The van der Waals surface area contributed by atoms with Crippen LogP contribution in [0.1, 0.15) is 42.7 Å².